The summed E-state index contributed by atoms with van der Waals surface area (Å²) in [5, 5.41) is 10.4. The number of aromatic nitrogens is 3. The number of hydrogen-bond acceptors (Lipinski definition) is 8. The molecule has 2 aliphatic heterocycles. The lowest BCUT2D eigenvalue weighted by Gasteiger charge is -2.39. The summed E-state index contributed by atoms with van der Waals surface area (Å²) in [5.41, 5.74) is 8.78. The summed E-state index contributed by atoms with van der Waals surface area (Å²) in [6.45, 7) is 3.36. The van der Waals surface area contributed by atoms with E-state index in [9.17, 15) is 9.90 Å². The third-order valence-corrected chi connectivity index (χ3v) is 6.74. The molecule has 1 atom stereocenters. The number of nitrogen functional groups attached to an aromatic ring is 1. The van der Waals surface area contributed by atoms with Crippen LogP contribution >= 0.6 is 0 Å². The first-order chi connectivity index (χ1) is 17.0. The number of methoxy groups -OCH3 is 2. The van der Waals surface area contributed by atoms with Gasteiger partial charge in [0.25, 0.3) is 0 Å². The van der Waals surface area contributed by atoms with Crippen molar-refractivity contribution in [2.45, 2.75) is 18.6 Å². The van der Waals surface area contributed by atoms with Crippen molar-refractivity contribution in [3.05, 3.63) is 42.9 Å². The van der Waals surface area contributed by atoms with Gasteiger partial charge in [-0.15, -0.1) is 0 Å². The molecule has 0 spiro atoms. The standard InChI is InChI=1S/C25H30N6O4/c1-34-19-8-16(9-20(10-19)35-2)21-14-31(25-23(21)24(26)27-15-28-25)17-11-30(12-17)22(33)4-3-6-29-7-5-18(32)13-29/h3-4,8-10,14-15,17-18,32H,5-7,11-13H2,1-2H3,(H2,26,27,28)/b4-3+/t18-/m1/s1. The van der Waals surface area contributed by atoms with E-state index in [4.69, 9.17) is 15.2 Å². The zero-order valence-electron chi connectivity index (χ0n) is 19.9. The number of ether oxygens (including phenoxy) is 2. The third kappa shape index (κ3) is 4.54. The first-order valence-corrected chi connectivity index (χ1v) is 11.7. The van der Waals surface area contributed by atoms with Gasteiger partial charge >= 0.3 is 0 Å². The molecule has 0 unspecified atom stereocenters. The predicted octanol–water partition coefficient (Wildman–Crippen LogP) is 1.70. The van der Waals surface area contributed by atoms with Crippen molar-refractivity contribution in [1.82, 2.24) is 24.3 Å². The van der Waals surface area contributed by atoms with Crippen molar-refractivity contribution in [2.75, 3.05) is 52.7 Å². The number of benzene rings is 1. The normalized spacial score (nSPS) is 18.9. The number of aliphatic hydroxyl groups excluding tert-OH is 1. The van der Waals surface area contributed by atoms with E-state index in [2.05, 4.69) is 19.4 Å². The second-order valence-electron chi connectivity index (χ2n) is 9.01. The van der Waals surface area contributed by atoms with Crippen LogP contribution in [0.5, 0.6) is 11.5 Å². The number of β-amino-alcohol motifs (C(OH)–C–C–N with tert-alkyl or cyclic N) is 1. The lowest BCUT2D eigenvalue weighted by Crippen LogP contribution is -2.50. The van der Waals surface area contributed by atoms with Gasteiger partial charge in [0, 0.05) is 56.6 Å². The Labute approximate surface area is 203 Å². The Morgan fingerprint density at radius 2 is 1.91 bits per heavy atom. The average molecular weight is 479 g/mol. The highest BCUT2D eigenvalue weighted by atomic mass is 16.5. The maximum Gasteiger partial charge on any atom is 0.246 e. The van der Waals surface area contributed by atoms with Crippen molar-refractivity contribution in [3.63, 3.8) is 0 Å². The Kier molecular flexibility index (Phi) is 6.31. The summed E-state index contributed by atoms with van der Waals surface area (Å²) in [5.74, 6) is 1.73. The van der Waals surface area contributed by atoms with E-state index in [0.717, 1.165) is 35.1 Å². The molecule has 184 valence electrons. The molecule has 0 radical (unpaired) electrons. The topological polar surface area (TPSA) is 119 Å². The van der Waals surface area contributed by atoms with Crippen molar-refractivity contribution in [2.24, 2.45) is 0 Å². The molecular formula is C25H30N6O4. The molecule has 5 rings (SSSR count). The minimum atomic E-state index is -0.257. The summed E-state index contributed by atoms with van der Waals surface area (Å²) in [4.78, 5) is 25.3. The average Bonchev–Trinajstić information content (AvgIpc) is 3.42. The molecule has 1 amide bonds. The minimum Gasteiger partial charge on any atom is -0.497 e. The van der Waals surface area contributed by atoms with Crippen LogP contribution in [-0.2, 0) is 4.79 Å². The lowest BCUT2D eigenvalue weighted by atomic mass is 10.1. The number of anilines is 1. The van der Waals surface area contributed by atoms with Gasteiger partial charge in [0.2, 0.25) is 5.91 Å². The molecular weight excluding hydrogens is 448 g/mol. The van der Waals surface area contributed by atoms with Gasteiger partial charge in [0.05, 0.1) is 31.8 Å². The first kappa shape index (κ1) is 23.1. The van der Waals surface area contributed by atoms with Crippen LogP contribution in [-0.4, -0.2) is 88.4 Å². The van der Waals surface area contributed by atoms with Crippen molar-refractivity contribution in [1.29, 1.82) is 0 Å². The zero-order valence-corrected chi connectivity index (χ0v) is 19.9. The Hall–Kier alpha value is -3.63. The number of carbonyl (C=O) groups is 1. The van der Waals surface area contributed by atoms with E-state index in [1.807, 2.05) is 35.4 Å². The largest absolute Gasteiger partial charge is 0.497 e. The fraction of sp³-hybridized carbons (Fsp3) is 0.400. The maximum atomic E-state index is 12.6. The molecule has 2 aliphatic rings. The Bertz CT molecular complexity index is 1240. The summed E-state index contributed by atoms with van der Waals surface area (Å²) >= 11 is 0. The molecule has 2 aromatic heterocycles. The number of nitrogens with two attached hydrogens (primary N) is 1. The minimum absolute atomic E-state index is 0.00986. The predicted molar refractivity (Wildman–Crippen MR) is 132 cm³/mol. The first-order valence-electron chi connectivity index (χ1n) is 11.7. The highest BCUT2D eigenvalue weighted by molar-refractivity contribution is 6.01. The number of hydrogen-bond donors (Lipinski definition) is 2. The Morgan fingerprint density at radius 1 is 1.17 bits per heavy atom. The number of carbonyl (C=O) groups excluding carboxylic acids is 1. The fourth-order valence-electron chi connectivity index (χ4n) is 4.77. The monoisotopic (exact) mass is 478 g/mol. The lowest BCUT2D eigenvalue weighted by molar-refractivity contribution is -0.131. The smallest absolute Gasteiger partial charge is 0.246 e. The number of aliphatic hydroxyl groups is 1. The van der Waals surface area contributed by atoms with Crippen LogP contribution in [0.4, 0.5) is 5.82 Å². The second kappa shape index (κ2) is 9.55. The fourth-order valence-corrected chi connectivity index (χ4v) is 4.77. The van der Waals surface area contributed by atoms with E-state index in [1.165, 1.54) is 6.33 Å². The van der Waals surface area contributed by atoms with Crippen LogP contribution in [0.25, 0.3) is 22.2 Å². The van der Waals surface area contributed by atoms with Gasteiger partial charge in [-0.05, 0) is 24.1 Å². The van der Waals surface area contributed by atoms with Crippen LogP contribution in [0.15, 0.2) is 42.9 Å². The van der Waals surface area contributed by atoms with E-state index in [-0.39, 0.29) is 18.1 Å². The summed E-state index contributed by atoms with van der Waals surface area (Å²) < 4.78 is 13.0. The molecule has 10 nitrogen and oxygen atoms in total. The number of rotatable bonds is 7. The van der Waals surface area contributed by atoms with Crippen molar-refractivity contribution >= 4 is 22.8 Å². The molecule has 3 N–H and O–H groups in total. The molecule has 0 aliphatic carbocycles. The molecule has 3 aromatic rings. The van der Waals surface area contributed by atoms with Crippen LogP contribution in [0, 0.1) is 0 Å². The van der Waals surface area contributed by atoms with Crippen LogP contribution in [0.1, 0.15) is 12.5 Å². The number of nitrogens with zero attached hydrogens (tertiary/aromatic N) is 5. The molecule has 4 heterocycles. The van der Waals surface area contributed by atoms with Crippen LogP contribution in [0.2, 0.25) is 0 Å². The molecule has 10 heteroatoms. The summed E-state index contributed by atoms with van der Waals surface area (Å²) in [6.07, 6.45) is 7.52. The Balaban J connectivity index is 1.35. The number of likely N-dealkylation sites (tertiary alicyclic amines) is 2. The molecule has 2 fully saturated rings. The van der Waals surface area contributed by atoms with Crippen LogP contribution < -0.4 is 15.2 Å². The van der Waals surface area contributed by atoms with Gasteiger partial charge in [0.15, 0.2) is 0 Å². The number of fused-ring (bicyclic) bond motifs is 1. The molecule has 0 saturated carbocycles. The summed E-state index contributed by atoms with van der Waals surface area (Å²) in [7, 11) is 3.23. The Morgan fingerprint density at radius 3 is 2.57 bits per heavy atom. The van der Waals surface area contributed by atoms with E-state index < -0.39 is 0 Å². The van der Waals surface area contributed by atoms with Gasteiger partial charge < -0.3 is 29.8 Å². The molecule has 35 heavy (non-hydrogen) atoms. The van der Waals surface area contributed by atoms with Crippen molar-refractivity contribution in [3.8, 4) is 22.6 Å². The highest BCUT2D eigenvalue weighted by Gasteiger charge is 2.33. The van der Waals surface area contributed by atoms with Gasteiger partial charge in [-0.25, -0.2) is 9.97 Å². The van der Waals surface area contributed by atoms with Gasteiger partial charge in [-0.3, -0.25) is 9.69 Å². The number of amides is 1. The van der Waals surface area contributed by atoms with E-state index >= 15 is 0 Å². The molecule has 1 aromatic carbocycles. The highest BCUT2D eigenvalue weighted by Crippen LogP contribution is 2.39. The van der Waals surface area contributed by atoms with Gasteiger partial charge in [-0.2, -0.15) is 0 Å². The van der Waals surface area contributed by atoms with E-state index in [0.29, 0.717) is 43.5 Å². The van der Waals surface area contributed by atoms with Gasteiger partial charge in [0.1, 0.15) is 29.3 Å². The van der Waals surface area contributed by atoms with Crippen LogP contribution in [0.3, 0.4) is 0 Å². The molecule has 0 bridgehead atoms. The second-order valence-corrected chi connectivity index (χ2v) is 9.01. The zero-order chi connectivity index (χ0) is 24.5. The van der Waals surface area contributed by atoms with Gasteiger partial charge in [-0.1, -0.05) is 6.08 Å². The van der Waals surface area contributed by atoms with Crippen molar-refractivity contribution < 1.29 is 19.4 Å². The molecule has 2 saturated heterocycles. The maximum absolute atomic E-state index is 12.6. The quantitative estimate of drug-likeness (QED) is 0.493. The SMILES string of the molecule is COc1cc(OC)cc(-c2cn(C3CN(C(=O)/C=C/CN4CC[C@@H](O)C4)C3)c3ncnc(N)c23)c1. The summed E-state index contributed by atoms with van der Waals surface area (Å²) in [6, 6.07) is 5.75. The van der Waals surface area contributed by atoms with E-state index in [1.54, 1.807) is 20.3 Å². The third-order valence-electron chi connectivity index (χ3n) is 6.74.